The quantitative estimate of drug-likeness (QED) is 0.745. The topological polar surface area (TPSA) is 40.1 Å². The Bertz CT molecular complexity index is 278. The van der Waals surface area contributed by atoms with Gasteiger partial charge in [0.1, 0.15) is 0 Å². The average Bonchev–Trinajstić information content (AvgIpc) is 2.13. The summed E-state index contributed by atoms with van der Waals surface area (Å²) in [4.78, 5) is 10.4. The lowest BCUT2D eigenvalue weighted by Crippen LogP contribution is -2.48. The van der Waals surface area contributed by atoms with Crippen molar-refractivity contribution in [2.45, 2.75) is 49.8 Å². The maximum absolute atomic E-state index is 10.9. The van der Waals surface area contributed by atoms with Crippen molar-refractivity contribution >= 4 is 21.9 Å². The Morgan fingerprint density at radius 2 is 1.62 bits per heavy atom. The Labute approximate surface area is 105 Å². The lowest BCUT2D eigenvalue weighted by Gasteiger charge is -2.57. The van der Waals surface area contributed by atoms with Crippen LogP contribution in [-0.4, -0.2) is 10.8 Å². The molecule has 4 bridgehead atoms. The number of hydrogen-bond donors (Lipinski definition) is 0. The number of carboxylic acids is 1. The molecule has 16 heavy (non-hydrogen) atoms. The number of carbonyl (C=O) groups excluding carboxylic acids is 1. The first kappa shape index (κ1) is 11.1. The molecule has 4 saturated carbocycles. The van der Waals surface area contributed by atoms with E-state index in [4.69, 9.17) is 0 Å². The Morgan fingerprint density at radius 3 is 2.00 bits per heavy atom. The van der Waals surface area contributed by atoms with Gasteiger partial charge in [0.2, 0.25) is 0 Å². The number of aliphatic carboxylic acids is 1. The molecule has 0 unspecified atom stereocenters. The highest BCUT2D eigenvalue weighted by Gasteiger charge is 2.51. The summed E-state index contributed by atoms with van der Waals surface area (Å²) >= 11 is 3.27. The molecule has 0 radical (unpaired) electrons. The van der Waals surface area contributed by atoms with E-state index in [0.29, 0.717) is 5.41 Å². The van der Waals surface area contributed by atoms with Crippen LogP contribution in [0.2, 0.25) is 0 Å². The van der Waals surface area contributed by atoms with Gasteiger partial charge in [0.15, 0.2) is 0 Å². The van der Waals surface area contributed by atoms with Gasteiger partial charge in [-0.2, -0.15) is 0 Å². The first-order valence-electron chi connectivity index (χ1n) is 6.41. The van der Waals surface area contributed by atoms with Crippen molar-refractivity contribution in [2.24, 2.45) is 23.2 Å². The molecule has 4 aliphatic carbocycles. The predicted molar refractivity (Wildman–Crippen MR) is 62.9 cm³/mol. The molecular formula is C13H18BrO2-. The SMILES string of the molecule is O=C([O-])[C@H](Br)CC12CC3CC(CC(C3)C1)C2. The van der Waals surface area contributed by atoms with Crippen LogP contribution in [0.5, 0.6) is 0 Å². The van der Waals surface area contributed by atoms with Crippen molar-refractivity contribution in [1.29, 1.82) is 0 Å². The molecule has 0 aromatic carbocycles. The van der Waals surface area contributed by atoms with E-state index in [1.165, 1.54) is 38.5 Å². The van der Waals surface area contributed by atoms with Crippen molar-refractivity contribution in [3.63, 3.8) is 0 Å². The highest BCUT2D eigenvalue weighted by atomic mass is 79.9. The molecule has 4 rings (SSSR count). The van der Waals surface area contributed by atoms with E-state index >= 15 is 0 Å². The van der Waals surface area contributed by atoms with Gasteiger partial charge in [-0.3, -0.25) is 0 Å². The van der Waals surface area contributed by atoms with Crippen molar-refractivity contribution in [3.8, 4) is 0 Å². The molecule has 0 spiro atoms. The van der Waals surface area contributed by atoms with Crippen LogP contribution >= 0.6 is 15.9 Å². The van der Waals surface area contributed by atoms with Crippen LogP contribution in [0.3, 0.4) is 0 Å². The second-order valence-electron chi connectivity index (χ2n) is 6.41. The molecule has 0 aromatic heterocycles. The fourth-order valence-electron chi connectivity index (χ4n) is 5.00. The van der Waals surface area contributed by atoms with Crippen LogP contribution in [-0.2, 0) is 4.79 Å². The first-order chi connectivity index (χ1) is 7.56. The summed E-state index contributed by atoms with van der Waals surface area (Å²) in [6.07, 6.45) is 8.85. The molecule has 0 heterocycles. The number of alkyl halides is 1. The maximum Gasteiger partial charge on any atom is 0.0551 e. The van der Waals surface area contributed by atoms with E-state index in [0.717, 1.165) is 24.2 Å². The van der Waals surface area contributed by atoms with Gasteiger partial charge in [-0.05, 0) is 68.1 Å². The fourth-order valence-corrected chi connectivity index (χ4v) is 5.69. The van der Waals surface area contributed by atoms with Crippen LogP contribution < -0.4 is 5.11 Å². The van der Waals surface area contributed by atoms with Crippen molar-refractivity contribution in [1.82, 2.24) is 0 Å². The van der Waals surface area contributed by atoms with E-state index in [2.05, 4.69) is 15.9 Å². The minimum Gasteiger partial charge on any atom is -0.549 e. The zero-order valence-corrected chi connectivity index (χ0v) is 11.0. The lowest BCUT2D eigenvalue weighted by molar-refractivity contribution is -0.305. The molecule has 2 nitrogen and oxygen atoms in total. The van der Waals surface area contributed by atoms with Crippen molar-refractivity contribution in [3.05, 3.63) is 0 Å². The van der Waals surface area contributed by atoms with Crippen LogP contribution in [0, 0.1) is 23.2 Å². The van der Waals surface area contributed by atoms with Crippen LogP contribution in [0.15, 0.2) is 0 Å². The summed E-state index contributed by atoms with van der Waals surface area (Å²) in [6, 6.07) is 0. The van der Waals surface area contributed by atoms with E-state index < -0.39 is 10.8 Å². The van der Waals surface area contributed by atoms with Gasteiger partial charge in [-0.25, -0.2) is 0 Å². The summed E-state index contributed by atoms with van der Waals surface area (Å²) < 4.78 is 0. The van der Waals surface area contributed by atoms with E-state index in [9.17, 15) is 9.90 Å². The zero-order chi connectivity index (χ0) is 11.3. The van der Waals surface area contributed by atoms with E-state index in [-0.39, 0.29) is 0 Å². The second-order valence-corrected chi connectivity index (χ2v) is 7.51. The van der Waals surface area contributed by atoms with Gasteiger partial charge in [-0.1, -0.05) is 15.9 Å². The standard InChI is InChI=1S/C13H19BrO2/c14-11(12(15)16)7-13-4-8-1-9(5-13)3-10(2-8)6-13/h8-11H,1-7H2,(H,15,16)/p-1/t8?,9?,10?,11-,13?/m1/s1. The minimum atomic E-state index is -0.934. The molecule has 4 aliphatic rings. The Balaban J connectivity index is 1.76. The monoisotopic (exact) mass is 285 g/mol. The highest BCUT2D eigenvalue weighted by Crippen LogP contribution is 2.61. The van der Waals surface area contributed by atoms with Gasteiger partial charge in [0, 0.05) is 0 Å². The van der Waals surface area contributed by atoms with E-state index in [1.54, 1.807) is 0 Å². The third-order valence-corrected chi connectivity index (χ3v) is 5.73. The molecule has 0 aliphatic heterocycles. The Morgan fingerprint density at radius 1 is 1.19 bits per heavy atom. The number of hydrogen-bond acceptors (Lipinski definition) is 2. The third kappa shape index (κ3) is 1.81. The molecule has 90 valence electrons. The minimum absolute atomic E-state index is 0.336. The number of carbonyl (C=O) groups is 1. The fraction of sp³-hybridized carbons (Fsp3) is 0.923. The van der Waals surface area contributed by atoms with Gasteiger partial charge in [0.05, 0.1) is 10.8 Å². The van der Waals surface area contributed by atoms with Gasteiger partial charge in [0.25, 0.3) is 0 Å². The molecule has 0 saturated heterocycles. The van der Waals surface area contributed by atoms with E-state index in [1.807, 2.05) is 0 Å². The number of rotatable bonds is 3. The molecule has 3 heteroatoms. The largest absolute Gasteiger partial charge is 0.549 e. The van der Waals surface area contributed by atoms with Crippen molar-refractivity contribution < 1.29 is 9.90 Å². The zero-order valence-electron chi connectivity index (χ0n) is 9.45. The third-order valence-electron chi connectivity index (χ3n) is 5.03. The summed E-state index contributed by atoms with van der Waals surface area (Å²) in [5, 5.41) is 10.9. The molecule has 4 fully saturated rings. The van der Waals surface area contributed by atoms with Gasteiger partial charge < -0.3 is 9.90 Å². The molecular weight excluding hydrogens is 268 g/mol. The van der Waals surface area contributed by atoms with Crippen LogP contribution in [0.1, 0.15) is 44.9 Å². The second kappa shape index (κ2) is 3.72. The van der Waals surface area contributed by atoms with Crippen molar-refractivity contribution in [2.75, 3.05) is 0 Å². The van der Waals surface area contributed by atoms with Gasteiger partial charge in [-0.15, -0.1) is 0 Å². The number of carboxylic acid groups (broad SMARTS) is 1. The lowest BCUT2D eigenvalue weighted by atomic mass is 9.48. The molecule has 1 atom stereocenters. The first-order valence-corrected chi connectivity index (χ1v) is 7.33. The summed E-state index contributed by atoms with van der Waals surface area (Å²) in [7, 11) is 0. The Hall–Kier alpha value is -0.0500. The summed E-state index contributed by atoms with van der Waals surface area (Å²) in [5.41, 5.74) is 0.336. The predicted octanol–water partition coefficient (Wildman–Crippen LogP) is 2.11. The average molecular weight is 286 g/mol. The number of halogens is 1. The summed E-state index contributed by atoms with van der Waals surface area (Å²) in [6.45, 7) is 0. The maximum atomic E-state index is 10.9. The van der Waals surface area contributed by atoms with Crippen LogP contribution in [0.4, 0.5) is 0 Å². The molecule has 0 aromatic rings. The van der Waals surface area contributed by atoms with Gasteiger partial charge >= 0.3 is 0 Å². The molecule has 0 amide bonds. The Kier molecular flexibility index (Phi) is 2.58. The smallest absolute Gasteiger partial charge is 0.0551 e. The van der Waals surface area contributed by atoms with Crippen LogP contribution in [0.25, 0.3) is 0 Å². The normalized spacial score (nSPS) is 46.9. The highest BCUT2D eigenvalue weighted by molar-refractivity contribution is 9.10. The summed E-state index contributed by atoms with van der Waals surface area (Å²) in [5.74, 6) is 1.75. The molecule has 0 N–H and O–H groups in total.